The van der Waals surface area contributed by atoms with Crippen LogP contribution in [0.2, 0.25) is 0 Å². The van der Waals surface area contributed by atoms with Crippen LogP contribution in [0.15, 0.2) is 37.1 Å². The summed E-state index contributed by atoms with van der Waals surface area (Å²) < 4.78 is 12.8. The van der Waals surface area contributed by atoms with E-state index in [-0.39, 0.29) is 0 Å². The average Bonchev–Trinajstić information content (AvgIpc) is 2.76. The molecule has 90 valence electrons. The van der Waals surface area contributed by atoms with Crippen molar-refractivity contribution in [2.24, 2.45) is 0 Å². The molecule has 1 heterocycles. The van der Waals surface area contributed by atoms with Crippen LogP contribution in [0.5, 0.6) is 11.5 Å². The normalized spacial score (nSPS) is 10.5. The molecule has 1 aromatic carbocycles. The van der Waals surface area contributed by atoms with Gasteiger partial charge in [0.05, 0.1) is 19.7 Å². The van der Waals surface area contributed by atoms with Crippen molar-refractivity contribution in [2.45, 2.75) is 13.0 Å². The van der Waals surface area contributed by atoms with E-state index < -0.39 is 0 Å². The molecule has 0 saturated carbocycles. The maximum Gasteiger partial charge on any atom is 0.162 e. The van der Waals surface area contributed by atoms with E-state index in [4.69, 9.17) is 9.47 Å². The fourth-order valence-electron chi connectivity index (χ4n) is 1.94. The summed E-state index contributed by atoms with van der Waals surface area (Å²) in [5.74, 6) is 1.53. The molecule has 0 aliphatic heterocycles. The van der Waals surface area contributed by atoms with Crippen molar-refractivity contribution in [3.63, 3.8) is 0 Å². The van der Waals surface area contributed by atoms with Crippen molar-refractivity contribution in [1.29, 1.82) is 0 Å². The molecule has 0 aliphatic carbocycles. The first-order valence-corrected chi connectivity index (χ1v) is 5.62. The molecule has 0 radical (unpaired) electrons. The van der Waals surface area contributed by atoms with E-state index in [2.05, 4.69) is 23.4 Å². The number of rotatable bonds is 5. The summed E-state index contributed by atoms with van der Waals surface area (Å²) in [7, 11) is 3.30. The van der Waals surface area contributed by atoms with Crippen molar-refractivity contribution >= 4 is 10.9 Å². The number of nitrogens with zero attached hydrogens (tertiary/aromatic N) is 1. The van der Waals surface area contributed by atoms with Gasteiger partial charge in [0, 0.05) is 24.2 Å². The van der Waals surface area contributed by atoms with E-state index in [9.17, 15) is 0 Å². The van der Waals surface area contributed by atoms with Gasteiger partial charge < -0.3 is 14.0 Å². The second-order valence-corrected chi connectivity index (χ2v) is 3.85. The van der Waals surface area contributed by atoms with Crippen molar-refractivity contribution in [1.82, 2.24) is 4.57 Å². The molecule has 0 N–H and O–H groups in total. The maximum absolute atomic E-state index is 5.31. The standard InChI is InChI=1S/C14H17NO2/c1-4-5-7-15-8-6-11-9-13(16-2)14(17-3)10-12(11)15/h4,6,8-10H,1,5,7H2,2-3H3. The predicted octanol–water partition coefficient (Wildman–Crippen LogP) is 3.23. The second kappa shape index (κ2) is 4.95. The molecule has 3 nitrogen and oxygen atoms in total. The smallest absolute Gasteiger partial charge is 0.162 e. The van der Waals surface area contributed by atoms with E-state index in [0.717, 1.165) is 35.4 Å². The summed E-state index contributed by atoms with van der Waals surface area (Å²) in [6, 6.07) is 6.09. The van der Waals surface area contributed by atoms with Crippen molar-refractivity contribution < 1.29 is 9.47 Å². The molecule has 0 amide bonds. The van der Waals surface area contributed by atoms with Gasteiger partial charge in [0.2, 0.25) is 0 Å². The minimum atomic E-state index is 0.763. The van der Waals surface area contributed by atoms with Gasteiger partial charge in [-0.1, -0.05) is 6.08 Å². The summed E-state index contributed by atoms with van der Waals surface area (Å²) >= 11 is 0. The number of aryl methyl sites for hydroxylation is 1. The van der Waals surface area contributed by atoms with E-state index >= 15 is 0 Å². The summed E-state index contributed by atoms with van der Waals surface area (Å²) in [4.78, 5) is 0. The zero-order valence-electron chi connectivity index (χ0n) is 10.3. The molecular formula is C14H17NO2. The van der Waals surface area contributed by atoms with Crippen LogP contribution in [-0.4, -0.2) is 18.8 Å². The van der Waals surface area contributed by atoms with Gasteiger partial charge in [0.1, 0.15) is 0 Å². The number of hydrogen-bond acceptors (Lipinski definition) is 2. The first-order chi connectivity index (χ1) is 8.30. The lowest BCUT2D eigenvalue weighted by atomic mass is 10.2. The quantitative estimate of drug-likeness (QED) is 0.737. The Hall–Kier alpha value is -1.90. The Morgan fingerprint density at radius 1 is 1.24 bits per heavy atom. The minimum Gasteiger partial charge on any atom is -0.493 e. The Labute approximate surface area is 101 Å². The molecule has 0 aliphatic rings. The van der Waals surface area contributed by atoms with Crippen LogP contribution in [0.25, 0.3) is 10.9 Å². The molecule has 0 atom stereocenters. The number of fused-ring (bicyclic) bond motifs is 1. The van der Waals surface area contributed by atoms with Crippen LogP contribution in [0.4, 0.5) is 0 Å². The number of aromatic nitrogens is 1. The third-order valence-electron chi connectivity index (χ3n) is 2.85. The Morgan fingerprint density at radius 2 is 1.94 bits per heavy atom. The Balaban J connectivity index is 2.48. The molecule has 0 fully saturated rings. The Bertz CT molecular complexity index is 528. The number of allylic oxidation sites excluding steroid dienone is 1. The summed E-state index contributed by atoms with van der Waals surface area (Å²) in [5.41, 5.74) is 1.16. The molecule has 17 heavy (non-hydrogen) atoms. The lowest BCUT2D eigenvalue weighted by molar-refractivity contribution is 0.355. The van der Waals surface area contributed by atoms with Crippen molar-refractivity contribution in [3.05, 3.63) is 37.1 Å². The topological polar surface area (TPSA) is 23.4 Å². The first kappa shape index (κ1) is 11.6. The lowest BCUT2D eigenvalue weighted by Gasteiger charge is -2.09. The number of benzene rings is 1. The van der Waals surface area contributed by atoms with Gasteiger partial charge in [-0.15, -0.1) is 6.58 Å². The van der Waals surface area contributed by atoms with Crippen molar-refractivity contribution in [2.75, 3.05) is 14.2 Å². The SMILES string of the molecule is C=CCCn1ccc2cc(OC)c(OC)cc21. The van der Waals surface area contributed by atoms with E-state index in [1.807, 2.05) is 18.2 Å². The molecule has 0 spiro atoms. The highest BCUT2D eigenvalue weighted by molar-refractivity contribution is 5.84. The molecule has 0 unspecified atom stereocenters. The van der Waals surface area contributed by atoms with Gasteiger partial charge in [-0.3, -0.25) is 0 Å². The Kier molecular flexibility index (Phi) is 3.38. The summed E-state index contributed by atoms with van der Waals surface area (Å²) in [6.45, 7) is 4.68. The van der Waals surface area contributed by atoms with Crippen LogP contribution < -0.4 is 9.47 Å². The monoisotopic (exact) mass is 231 g/mol. The Morgan fingerprint density at radius 3 is 2.59 bits per heavy atom. The molecular weight excluding hydrogens is 214 g/mol. The van der Waals surface area contributed by atoms with Crippen LogP contribution >= 0.6 is 0 Å². The van der Waals surface area contributed by atoms with Crippen LogP contribution in [0, 0.1) is 0 Å². The highest BCUT2D eigenvalue weighted by Crippen LogP contribution is 2.32. The van der Waals surface area contributed by atoms with Crippen LogP contribution in [-0.2, 0) is 6.54 Å². The minimum absolute atomic E-state index is 0.763. The largest absolute Gasteiger partial charge is 0.493 e. The first-order valence-electron chi connectivity index (χ1n) is 5.62. The number of hydrogen-bond donors (Lipinski definition) is 0. The second-order valence-electron chi connectivity index (χ2n) is 3.85. The average molecular weight is 231 g/mol. The van der Waals surface area contributed by atoms with Crippen LogP contribution in [0.1, 0.15) is 6.42 Å². The summed E-state index contributed by atoms with van der Waals surface area (Å²) in [6.07, 6.45) is 4.96. The highest BCUT2D eigenvalue weighted by atomic mass is 16.5. The third kappa shape index (κ3) is 2.13. The van der Waals surface area contributed by atoms with Gasteiger partial charge in [-0.25, -0.2) is 0 Å². The molecule has 2 rings (SSSR count). The van der Waals surface area contributed by atoms with Gasteiger partial charge in [-0.2, -0.15) is 0 Å². The van der Waals surface area contributed by atoms with Gasteiger partial charge >= 0.3 is 0 Å². The molecule has 1 aromatic heterocycles. The zero-order chi connectivity index (χ0) is 12.3. The molecule has 0 bridgehead atoms. The number of methoxy groups -OCH3 is 2. The predicted molar refractivity (Wildman–Crippen MR) is 69.9 cm³/mol. The lowest BCUT2D eigenvalue weighted by Crippen LogP contribution is -1.96. The van der Waals surface area contributed by atoms with E-state index in [1.54, 1.807) is 14.2 Å². The van der Waals surface area contributed by atoms with E-state index in [1.165, 1.54) is 0 Å². The van der Waals surface area contributed by atoms with Crippen molar-refractivity contribution in [3.8, 4) is 11.5 Å². The summed E-state index contributed by atoms with van der Waals surface area (Å²) in [5, 5.41) is 1.16. The van der Waals surface area contributed by atoms with Crippen LogP contribution in [0.3, 0.4) is 0 Å². The third-order valence-corrected chi connectivity index (χ3v) is 2.85. The molecule has 0 saturated heterocycles. The zero-order valence-corrected chi connectivity index (χ0v) is 10.3. The maximum atomic E-state index is 5.31. The van der Waals surface area contributed by atoms with Gasteiger partial charge in [0.25, 0.3) is 0 Å². The van der Waals surface area contributed by atoms with Gasteiger partial charge in [-0.05, 0) is 18.6 Å². The number of ether oxygens (including phenoxy) is 2. The highest BCUT2D eigenvalue weighted by Gasteiger charge is 2.08. The fraction of sp³-hybridized carbons (Fsp3) is 0.286. The fourth-order valence-corrected chi connectivity index (χ4v) is 1.94. The van der Waals surface area contributed by atoms with Gasteiger partial charge in [0.15, 0.2) is 11.5 Å². The molecule has 3 heteroatoms. The molecule has 2 aromatic rings. The van der Waals surface area contributed by atoms with E-state index in [0.29, 0.717) is 0 Å².